The molecule has 0 saturated carbocycles. The summed E-state index contributed by atoms with van der Waals surface area (Å²) >= 11 is 5.95. The van der Waals surface area contributed by atoms with Crippen molar-refractivity contribution in [1.82, 2.24) is 9.97 Å². The molecule has 0 spiro atoms. The predicted molar refractivity (Wildman–Crippen MR) is 96.0 cm³/mol. The van der Waals surface area contributed by atoms with E-state index in [0.717, 1.165) is 22.3 Å². The maximum atomic E-state index is 11.7. The molecular weight excluding hydrogens is 326 g/mol. The standard InChI is InChI=1S/C17H14ClN5O/c1-2-20-15-8-16(24)23-13-4-3-10(7-11(13)15)22-14-5-6-21-17(18)12(14)9-19/h3-8H,2H2,1H3,(H,21,22)(H2,20,23,24). The molecule has 6 nitrogen and oxygen atoms in total. The molecule has 0 radical (unpaired) electrons. The Morgan fingerprint density at radius 2 is 2.12 bits per heavy atom. The number of rotatable bonds is 4. The lowest BCUT2D eigenvalue weighted by atomic mass is 10.1. The lowest BCUT2D eigenvalue weighted by Crippen LogP contribution is -2.08. The minimum Gasteiger partial charge on any atom is -0.385 e. The molecule has 0 amide bonds. The Labute approximate surface area is 143 Å². The summed E-state index contributed by atoms with van der Waals surface area (Å²) in [5.74, 6) is 0. The third-order valence-electron chi connectivity index (χ3n) is 3.51. The summed E-state index contributed by atoms with van der Waals surface area (Å²) in [6.45, 7) is 2.67. The van der Waals surface area contributed by atoms with E-state index in [1.165, 1.54) is 12.3 Å². The summed E-state index contributed by atoms with van der Waals surface area (Å²) < 4.78 is 0. The van der Waals surface area contributed by atoms with Crippen LogP contribution < -0.4 is 16.2 Å². The summed E-state index contributed by atoms with van der Waals surface area (Å²) in [4.78, 5) is 18.4. The summed E-state index contributed by atoms with van der Waals surface area (Å²) in [6.07, 6.45) is 1.54. The van der Waals surface area contributed by atoms with E-state index in [1.54, 1.807) is 6.07 Å². The van der Waals surface area contributed by atoms with Gasteiger partial charge < -0.3 is 15.6 Å². The molecule has 3 aromatic rings. The van der Waals surface area contributed by atoms with Crippen LogP contribution in [0.15, 0.2) is 41.3 Å². The van der Waals surface area contributed by atoms with Gasteiger partial charge in [0.2, 0.25) is 5.56 Å². The van der Waals surface area contributed by atoms with Gasteiger partial charge in [-0.1, -0.05) is 11.6 Å². The average molecular weight is 340 g/mol. The number of fused-ring (bicyclic) bond motifs is 1. The second-order valence-electron chi connectivity index (χ2n) is 5.10. The number of anilines is 3. The first-order valence-electron chi connectivity index (χ1n) is 7.35. The highest BCUT2D eigenvalue weighted by molar-refractivity contribution is 6.31. The van der Waals surface area contributed by atoms with Crippen LogP contribution in [0.25, 0.3) is 10.9 Å². The molecule has 0 unspecified atom stereocenters. The number of nitriles is 1. The van der Waals surface area contributed by atoms with Crippen LogP contribution in [0.3, 0.4) is 0 Å². The highest BCUT2D eigenvalue weighted by Crippen LogP contribution is 2.28. The first kappa shape index (κ1) is 15.8. The van der Waals surface area contributed by atoms with Crippen LogP contribution in [-0.2, 0) is 0 Å². The minimum atomic E-state index is -0.160. The van der Waals surface area contributed by atoms with Gasteiger partial charge in [-0.2, -0.15) is 5.26 Å². The fraction of sp³-hybridized carbons (Fsp3) is 0.118. The van der Waals surface area contributed by atoms with Crippen LogP contribution in [0.1, 0.15) is 12.5 Å². The van der Waals surface area contributed by atoms with E-state index in [0.29, 0.717) is 12.2 Å². The van der Waals surface area contributed by atoms with E-state index in [1.807, 2.05) is 31.2 Å². The van der Waals surface area contributed by atoms with Crippen LogP contribution in [0, 0.1) is 11.3 Å². The van der Waals surface area contributed by atoms with E-state index in [-0.39, 0.29) is 16.3 Å². The third-order valence-corrected chi connectivity index (χ3v) is 3.79. The van der Waals surface area contributed by atoms with Crippen molar-refractivity contribution in [3.05, 3.63) is 57.6 Å². The monoisotopic (exact) mass is 339 g/mol. The number of nitrogens with one attached hydrogen (secondary N) is 3. The van der Waals surface area contributed by atoms with Crippen molar-refractivity contribution < 1.29 is 0 Å². The lowest BCUT2D eigenvalue weighted by Gasteiger charge is -2.12. The molecule has 0 fully saturated rings. The van der Waals surface area contributed by atoms with Crippen molar-refractivity contribution in [1.29, 1.82) is 5.26 Å². The maximum absolute atomic E-state index is 11.7. The molecule has 3 N–H and O–H groups in total. The SMILES string of the molecule is CCNc1cc(=O)[nH]c2ccc(Nc3ccnc(Cl)c3C#N)cc12. The van der Waals surface area contributed by atoms with Crippen LogP contribution >= 0.6 is 11.6 Å². The Kier molecular flexibility index (Phi) is 4.36. The smallest absolute Gasteiger partial charge is 0.250 e. The number of halogens is 1. The summed E-state index contributed by atoms with van der Waals surface area (Å²) in [5, 5.41) is 16.6. The van der Waals surface area contributed by atoms with Gasteiger partial charge in [0.1, 0.15) is 16.8 Å². The molecule has 0 atom stereocenters. The number of hydrogen-bond acceptors (Lipinski definition) is 5. The quantitative estimate of drug-likeness (QED) is 0.631. The van der Waals surface area contributed by atoms with Crippen LogP contribution in [0.4, 0.5) is 17.1 Å². The van der Waals surface area contributed by atoms with E-state index < -0.39 is 0 Å². The number of pyridine rings is 2. The van der Waals surface area contributed by atoms with Gasteiger partial charge in [0.25, 0.3) is 0 Å². The maximum Gasteiger partial charge on any atom is 0.250 e. The van der Waals surface area contributed by atoms with Crippen molar-refractivity contribution in [2.24, 2.45) is 0 Å². The van der Waals surface area contributed by atoms with Crippen molar-refractivity contribution in [2.75, 3.05) is 17.2 Å². The van der Waals surface area contributed by atoms with Crippen LogP contribution in [-0.4, -0.2) is 16.5 Å². The Morgan fingerprint density at radius 3 is 2.88 bits per heavy atom. The number of nitrogens with zero attached hydrogens (tertiary/aromatic N) is 2. The van der Waals surface area contributed by atoms with Gasteiger partial charge in [0.15, 0.2) is 0 Å². The Hall–Kier alpha value is -3.04. The van der Waals surface area contributed by atoms with Crippen LogP contribution in [0.2, 0.25) is 5.15 Å². The predicted octanol–water partition coefficient (Wildman–Crippen LogP) is 3.62. The lowest BCUT2D eigenvalue weighted by molar-refractivity contribution is 1.20. The molecule has 24 heavy (non-hydrogen) atoms. The molecule has 2 heterocycles. The molecule has 3 rings (SSSR count). The normalized spacial score (nSPS) is 10.4. The fourth-order valence-electron chi connectivity index (χ4n) is 2.47. The zero-order valence-corrected chi connectivity index (χ0v) is 13.6. The van der Waals surface area contributed by atoms with E-state index in [2.05, 4.69) is 20.6 Å². The van der Waals surface area contributed by atoms with E-state index in [4.69, 9.17) is 11.6 Å². The van der Waals surface area contributed by atoms with Gasteiger partial charge in [-0.25, -0.2) is 4.98 Å². The molecule has 0 aliphatic heterocycles. The minimum absolute atomic E-state index is 0.154. The highest BCUT2D eigenvalue weighted by atomic mass is 35.5. The number of H-pyrrole nitrogens is 1. The molecule has 2 aromatic heterocycles. The molecule has 0 aliphatic carbocycles. The van der Waals surface area contributed by atoms with Crippen molar-refractivity contribution in [2.45, 2.75) is 6.92 Å². The molecule has 120 valence electrons. The second-order valence-corrected chi connectivity index (χ2v) is 5.46. The molecule has 0 saturated heterocycles. The van der Waals surface area contributed by atoms with E-state index >= 15 is 0 Å². The summed E-state index contributed by atoms with van der Waals surface area (Å²) in [5.41, 5.74) is 2.96. The van der Waals surface area contributed by atoms with Crippen molar-refractivity contribution in [3.8, 4) is 6.07 Å². The Morgan fingerprint density at radius 1 is 1.29 bits per heavy atom. The van der Waals surface area contributed by atoms with Crippen LogP contribution in [0.5, 0.6) is 0 Å². The Bertz CT molecular complexity index is 1010. The number of aromatic amines is 1. The first-order valence-corrected chi connectivity index (χ1v) is 7.72. The average Bonchev–Trinajstić information content (AvgIpc) is 2.56. The fourth-order valence-corrected chi connectivity index (χ4v) is 2.67. The zero-order chi connectivity index (χ0) is 17.1. The zero-order valence-electron chi connectivity index (χ0n) is 12.9. The second kappa shape index (κ2) is 6.60. The summed E-state index contributed by atoms with van der Waals surface area (Å²) in [6, 6.07) is 10.8. The Balaban J connectivity index is 2.07. The van der Waals surface area contributed by atoms with Gasteiger partial charge in [-0.15, -0.1) is 0 Å². The van der Waals surface area contributed by atoms with Gasteiger partial charge in [-0.05, 0) is 31.2 Å². The van der Waals surface area contributed by atoms with E-state index in [9.17, 15) is 10.1 Å². The largest absolute Gasteiger partial charge is 0.385 e. The summed E-state index contributed by atoms with van der Waals surface area (Å²) in [7, 11) is 0. The van der Waals surface area contributed by atoms with Crippen molar-refractivity contribution >= 4 is 39.6 Å². The number of hydrogen-bond donors (Lipinski definition) is 3. The van der Waals surface area contributed by atoms with Gasteiger partial charge in [0, 0.05) is 35.6 Å². The third kappa shape index (κ3) is 3.03. The van der Waals surface area contributed by atoms with Crippen molar-refractivity contribution in [3.63, 3.8) is 0 Å². The molecular formula is C17H14ClN5O. The highest BCUT2D eigenvalue weighted by Gasteiger charge is 2.09. The molecule has 0 bridgehead atoms. The first-order chi connectivity index (χ1) is 11.6. The molecule has 1 aromatic carbocycles. The molecule has 7 heteroatoms. The number of benzene rings is 1. The van der Waals surface area contributed by atoms with Gasteiger partial charge in [0.05, 0.1) is 11.2 Å². The van der Waals surface area contributed by atoms with Gasteiger partial charge >= 0.3 is 0 Å². The van der Waals surface area contributed by atoms with Gasteiger partial charge in [-0.3, -0.25) is 4.79 Å². The molecule has 0 aliphatic rings. The number of aromatic nitrogens is 2. The topological polar surface area (TPSA) is 93.6 Å².